The fourth-order valence-electron chi connectivity index (χ4n) is 3.84. The Hall–Kier alpha value is -3.12. The second-order valence-electron chi connectivity index (χ2n) is 7.44. The van der Waals surface area contributed by atoms with E-state index >= 15 is 0 Å². The first kappa shape index (κ1) is 20.2. The number of benzene rings is 2. The number of thiophene rings is 1. The number of methoxy groups -OCH3 is 1. The van der Waals surface area contributed by atoms with Gasteiger partial charge in [-0.1, -0.05) is 24.3 Å². The average molecular weight is 421 g/mol. The van der Waals surface area contributed by atoms with E-state index in [9.17, 15) is 9.59 Å². The Morgan fingerprint density at radius 1 is 1.00 bits per heavy atom. The minimum atomic E-state index is -0.326. The number of carbonyl (C=O) groups excluding carboxylic acids is 2. The number of esters is 1. The van der Waals surface area contributed by atoms with Crippen LogP contribution in [0.1, 0.15) is 48.7 Å². The summed E-state index contributed by atoms with van der Waals surface area (Å²) in [6.07, 6.45) is 4.80. The van der Waals surface area contributed by atoms with Crippen LogP contribution in [0.25, 0.3) is 0 Å². The van der Waals surface area contributed by atoms with Crippen molar-refractivity contribution in [1.29, 1.82) is 0 Å². The molecule has 30 heavy (non-hydrogen) atoms. The zero-order chi connectivity index (χ0) is 21.1. The molecule has 0 saturated heterocycles. The van der Waals surface area contributed by atoms with Gasteiger partial charge in [-0.3, -0.25) is 4.79 Å². The minimum Gasteiger partial charge on any atom is -0.465 e. The normalized spacial score (nSPS) is 12.4. The summed E-state index contributed by atoms with van der Waals surface area (Å²) in [5.74, 6) is -0.446. The summed E-state index contributed by atoms with van der Waals surface area (Å²) in [6, 6.07) is 15.4. The van der Waals surface area contributed by atoms with Crippen LogP contribution in [0, 0.1) is 0 Å². The van der Waals surface area contributed by atoms with Crippen molar-refractivity contribution in [2.45, 2.75) is 32.1 Å². The standard InChI is InChI=1S/C24H24N2O3S/c1-29-24(28)17-11-7-15(8-12-17)5-6-16-9-13-18(14-10-16)26-23(27)21-19-3-2-4-20(19)30-22(21)25/h7-14H,2-6,25H2,1H3,(H,26,27). The Morgan fingerprint density at radius 3 is 2.27 bits per heavy atom. The number of carbonyl (C=O) groups is 2. The van der Waals surface area contributed by atoms with Crippen LogP contribution in [0.3, 0.4) is 0 Å². The molecule has 2 aromatic carbocycles. The topological polar surface area (TPSA) is 81.4 Å². The van der Waals surface area contributed by atoms with Gasteiger partial charge in [-0.2, -0.15) is 0 Å². The van der Waals surface area contributed by atoms with Gasteiger partial charge in [0.1, 0.15) is 0 Å². The number of hydrogen-bond donors (Lipinski definition) is 2. The van der Waals surface area contributed by atoms with E-state index in [1.165, 1.54) is 17.6 Å². The molecule has 0 bridgehead atoms. The first-order chi connectivity index (χ1) is 14.5. The van der Waals surface area contributed by atoms with Gasteiger partial charge in [0.2, 0.25) is 0 Å². The van der Waals surface area contributed by atoms with Gasteiger partial charge in [-0.05, 0) is 73.1 Å². The molecule has 1 aliphatic carbocycles. The SMILES string of the molecule is COC(=O)c1ccc(CCc2ccc(NC(=O)c3c(N)sc4c3CCC4)cc2)cc1. The van der Waals surface area contributed by atoms with Gasteiger partial charge in [0.25, 0.3) is 5.91 Å². The molecule has 6 heteroatoms. The van der Waals surface area contributed by atoms with Gasteiger partial charge < -0.3 is 15.8 Å². The average Bonchev–Trinajstić information content (AvgIpc) is 3.33. The van der Waals surface area contributed by atoms with E-state index in [0.29, 0.717) is 16.1 Å². The predicted octanol–water partition coefficient (Wildman–Crippen LogP) is 4.64. The maximum atomic E-state index is 12.7. The van der Waals surface area contributed by atoms with Crippen LogP contribution < -0.4 is 11.1 Å². The van der Waals surface area contributed by atoms with Crippen molar-refractivity contribution >= 4 is 33.9 Å². The summed E-state index contributed by atoms with van der Waals surface area (Å²) in [5, 5.41) is 3.60. The first-order valence-electron chi connectivity index (χ1n) is 10.0. The Balaban J connectivity index is 1.35. The van der Waals surface area contributed by atoms with E-state index in [1.807, 2.05) is 36.4 Å². The molecule has 3 aromatic rings. The minimum absolute atomic E-state index is 0.120. The lowest BCUT2D eigenvalue weighted by Crippen LogP contribution is -2.14. The Bertz CT molecular complexity index is 1070. The zero-order valence-corrected chi connectivity index (χ0v) is 17.7. The van der Waals surface area contributed by atoms with Crippen molar-refractivity contribution in [2.75, 3.05) is 18.2 Å². The third-order valence-electron chi connectivity index (χ3n) is 5.46. The van der Waals surface area contributed by atoms with Gasteiger partial charge in [-0.15, -0.1) is 11.3 Å². The maximum Gasteiger partial charge on any atom is 0.337 e. The highest BCUT2D eigenvalue weighted by Crippen LogP contribution is 2.37. The van der Waals surface area contributed by atoms with Gasteiger partial charge in [0, 0.05) is 10.6 Å². The lowest BCUT2D eigenvalue weighted by atomic mass is 10.0. The highest BCUT2D eigenvalue weighted by Gasteiger charge is 2.25. The van der Waals surface area contributed by atoms with Crippen LogP contribution in [-0.4, -0.2) is 19.0 Å². The number of nitrogens with one attached hydrogen (secondary N) is 1. The van der Waals surface area contributed by atoms with E-state index < -0.39 is 0 Å². The highest BCUT2D eigenvalue weighted by atomic mass is 32.1. The van der Waals surface area contributed by atoms with Gasteiger partial charge >= 0.3 is 5.97 Å². The zero-order valence-electron chi connectivity index (χ0n) is 16.9. The van der Waals surface area contributed by atoms with E-state index in [0.717, 1.165) is 48.9 Å². The summed E-state index contributed by atoms with van der Waals surface area (Å²) in [4.78, 5) is 25.5. The van der Waals surface area contributed by atoms with Crippen LogP contribution in [0.5, 0.6) is 0 Å². The third-order valence-corrected chi connectivity index (χ3v) is 6.59. The number of hydrogen-bond acceptors (Lipinski definition) is 5. The number of nitrogens with two attached hydrogens (primary N) is 1. The Morgan fingerprint density at radius 2 is 1.63 bits per heavy atom. The van der Waals surface area contributed by atoms with E-state index in [-0.39, 0.29) is 11.9 Å². The van der Waals surface area contributed by atoms with Crippen molar-refractivity contribution in [3.63, 3.8) is 0 Å². The third kappa shape index (κ3) is 4.24. The van der Waals surface area contributed by atoms with Crippen molar-refractivity contribution in [3.8, 4) is 0 Å². The van der Waals surface area contributed by atoms with Crippen LogP contribution >= 0.6 is 11.3 Å². The van der Waals surface area contributed by atoms with Crippen LogP contribution in [-0.2, 0) is 30.4 Å². The molecule has 1 amide bonds. The molecule has 1 aliphatic rings. The summed E-state index contributed by atoms with van der Waals surface area (Å²) in [7, 11) is 1.38. The number of aryl methyl sites for hydroxylation is 3. The van der Waals surface area contributed by atoms with Gasteiger partial charge in [-0.25, -0.2) is 4.79 Å². The fourth-order valence-corrected chi connectivity index (χ4v) is 4.99. The van der Waals surface area contributed by atoms with Crippen LogP contribution in [0.4, 0.5) is 10.7 Å². The summed E-state index contributed by atoms with van der Waals surface area (Å²) < 4.78 is 4.72. The molecule has 0 fully saturated rings. The number of anilines is 2. The van der Waals surface area contributed by atoms with Crippen molar-refractivity contribution in [3.05, 3.63) is 81.2 Å². The molecular weight excluding hydrogens is 396 g/mol. The molecule has 0 unspecified atom stereocenters. The van der Waals surface area contributed by atoms with E-state index in [4.69, 9.17) is 10.5 Å². The molecule has 4 rings (SSSR count). The molecule has 0 radical (unpaired) electrons. The Kier molecular flexibility index (Phi) is 5.86. The Labute approximate surface area is 179 Å². The number of amides is 1. The lowest BCUT2D eigenvalue weighted by molar-refractivity contribution is 0.0600. The number of fused-ring (bicyclic) bond motifs is 1. The highest BCUT2D eigenvalue weighted by molar-refractivity contribution is 7.16. The largest absolute Gasteiger partial charge is 0.465 e. The van der Waals surface area contributed by atoms with E-state index in [1.54, 1.807) is 23.5 Å². The van der Waals surface area contributed by atoms with E-state index in [2.05, 4.69) is 5.32 Å². The quantitative estimate of drug-likeness (QED) is 0.569. The molecule has 1 aromatic heterocycles. The second kappa shape index (κ2) is 8.71. The molecule has 1 heterocycles. The number of ether oxygens (including phenoxy) is 1. The van der Waals surface area contributed by atoms with Gasteiger partial charge in [0.15, 0.2) is 0 Å². The molecule has 0 atom stereocenters. The second-order valence-corrected chi connectivity index (χ2v) is 8.57. The lowest BCUT2D eigenvalue weighted by Gasteiger charge is -2.08. The fraction of sp³-hybridized carbons (Fsp3) is 0.250. The summed E-state index contributed by atoms with van der Waals surface area (Å²) >= 11 is 1.54. The van der Waals surface area contributed by atoms with Gasteiger partial charge in [0.05, 0.1) is 23.2 Å². The van der Waals surface area contributed by atoms with Crippen molar-refractivity contribution < 1.29 is 14.3 Å². The molecule has 3 N–H and O–H groups in total. The van der Waals surface area contributed by atoms with Crippen LogP contribution in [0.15, 0.2) is 48.5 Å². The van der Waals surface area contributed by atoms with Crippen molar-refractivity contribution in [1.82, 2.24) is 0 Å². The van der Waals surface area contributed by atoms with Crippen LogP contribution in [0.2, 0.25) is 0 Å². The maximum absolute atomic E-state index is 12.7. The summed E-state index contributed by atoms with van der Waals surface area (Å²) in [6.45, 7) is 0. The first-order valence-corrected chi connectivity index (χ1v) is 10.8. The number of nitrogen functional groups attached to an aromatic ring is 1. The van der Waals surface area contributed by atoms with Crippen molar-refractivity contribution in [2.24, 2.45) is 0 Å². The molecular formula is C24H24N2O3S. The molecule has 0 saturated carbocycles. The summed E-state index contributed by atoms with van der Waals surface area (Å²) in [5.41, 5.74) is 11.5. The number of rotatable bonds is 6. The predicted molar refractivity (Wildman–Crippen MR) is 120 cm³/mol. The smallest absolute Gasteiger partial charge is 0.337 e. The molecule has 5 nitrogen and oxygen atoms in total. The monoisotopic (exact) mass is 420 g/mol. The molecule has 154 valence electrons. The molecule has 0 spiro atoms. The molecule has 0 aliphatic heterocycles.